The van der Waals surface area contributed by atoms with E-state index in [1.165, 1.54) is 5.56 Å². The molecule has 0 N–H and O–H groups in total. The first-order chi connectivity index (χ1) is 15.1. The Morgan fingerprint density at radius 1 is 0.935 bits per heavy atom. The normalized spacial score (nSPS) is 23.7. The van der Waals surface area contributed by atoms with Gasteiger partial charge in [-0.05, 0) is 50.0 Å². The minimum atomic E-state index is -0.144. The van der Waals surface area contributed by atoms with Crippen LogP contribution < -0.4 is 0 Å². The van der Waals surface area contributed by atoms with Crippen LogP contribution in [0.4, 0.5) is 0 Å². The Bertz CT molecular complexity index is 724. The molecule has 3 aliphatic rings. The van der Waals surface area contributed by atoms with Gasteiger partial charge in [-0.15, -0.1) is 0 Å². The van der Waals surface area contributed by atoms with Crippen LogP contribution in [0.2, 0.25) is 0 Å². The van der Waals surface area contributed by atoms with Crippen molar-refractivity contribution in [2.24, 2.45) is 5.92 Å². The van der Waals surface area contributed by atoms with Gasteiger partial charge in [0.25, 0.3) is 0 Å². The summed E-state index contributed by atoms with van der Waals surface area (Å²) in [7, 11) is 0. The maximum Gasteiger partial charge on any atom is 0.223 e. The van der Waals surface area contributed by atoms with Gasteiger partial charge >= 0.3 is 0 Å². The molecule has 3 fully saturated rings. The van der Waals surface area contributed by atoms with Crippen molar-refractivity contribution in [2.45, 2.75) is 57.0 Å². The summed E-state index contributed by atoms with van der Waals surface area (Å²) in [6.07, 6.45) is 6.75. The van der Waals surface area contributed by atoms with Crippen molar-refractivity contribution in [2.75, 3.05) is 46.0 Å². The fourth-order valence-corrected chi connectivity index (χ4v) is 5.25. The van der Waals surface area contributed by atoms with Gasteiger partial charge in [0.15, 0.2) is 0 Å². The third-order valence-electron chi connectivity index (χ3n) is 7.15. The lowest BCUT2D eigenvalue weighted by Gasteiger charge is -2.46. The van der Waals surface area contributed by atoms with Crippen molar-refractivity contribution in [1.29, 1.82) is 0 Å². The molecule has 6 nitrogen and oxygen atoms in total. The number of benzene rings is 1. The molecular weight excluding hydrogens is 392 g/mol. The Labute approximate surface area is 185 Å². The molecule has 1 aromatic rings. The van der Waals surface area contributed by atoms with E-state index in [1.807, 2.05) is 28.0 Å². The lowest BCUT2D eigenvalue weighted by Crippen LogP contribution is -2.51. The standard InChI is InChI=1S/C25H36N2O4/c28-23(8-4-7-21-5-2-1-3-6-21)26-12-10-25(11-13-26)20-22(9-16-31-25)19-24(29)27-14-17-30-18-15-27/h1-3,5-6,22H,4,7-20H2. The fraction of sp³-hybridized carbons (Fsp3) is 0.680. The molecule has 0 aliphatic carbocycles. The average molecular weight is 429 g/mol. The maximum atomic E-state index is 12.7. The average Bonchev–Trinajstić information content (AvgIpc) is 2.81. The Balaban J connectivity index is 1.20. The van der Waals surface area contributed by atoms with Gasteiger partial charge in [0.1, 0.15) is 0 Å². The quantitative estimate of drug-likeness (QED) is 0.699. The number of aryl methyl sites for hydroxylation is 1. The van der Waals surface area contributed by atoms with E-state index < -0.39 is 0 Å². The molecule has 4 rings (SSSR count). The van der Waals surface area contributed by atoms with E-state index in [9.17, 15) is 9.59 Å². The van der Waals surface area contributed by atoms with Crippen LogP contribution in [0.25, 0.3) is 0 Å². The maximum absolute atomic E-state index is 12.7. The van der Waals surface area contributed by atoms with Crippen molar-refractivity contribution in [3.8, 4) is 0 Å². The van der Waals surface area contributed by atoms with Gasteiger partial charge < -0.3 is 19.3 Å². The Kier molecular flexibility index (Phi) is 7.62. The van der Waals surface area contributed by atoms with E-state index in [0.717, 1.165) is 58.2 Å². The largest absolute Gasteiger partial charge is 0.378 e. The number of carbonyl (C=O) groups excluding carboxylic acids is 2. The number of carbonyl (C=O) groups is 2. The van der Waals surface area contributed by atoms with E-state index in [0.29, 0.717) is 45.1 Å². The zero-order valence-corrected chi connectivity index (χ0v) is 18.6. The van der Waals surface area contributed by atoms with Crippen molar-refractivity contribution < 1.29 is 19.1 Å². The van der Waals surface area contributed by atoms with Gasteiger partial charge in [0, 0.05) is 45.6 Å². The van der Waals surface area contributed by atoms with Gasteiger partial charge in [0.05, 0.1) is 18.8 Å². The molecule has 31 heavy (non-hydrogen) atoms. The highest BCUT2D eigenvalue weighted by atomic mass is 16.5. The number of ether oxygens (including phenoxy) is 2. The highest BCUT2D eigenvalue weighted by Crippen LogP contribution is 2.39. The first-order valence-electron chi connectivity index (χ1n) is 11.9. The van der Waals surface area contributed by atoms with Crippen molar-refractivity contribution in [1.82, 2.24) is 9.80 Å². The monoisotopic (exact) mass is 428 g/mol. The summed E-state index contributed by atoms with van der Waals surface area (Å²) in [6.45, 7) is 5.01. The van der Waals surface area contributed by atoms with Crippen LogP contribution in [0.5, 0.6) is 0 Å². The molecule has 2 amide bonds. The van der Waals surface area contributed by atoms with Gasteiger partial charge in [-0.2, -0.15) is 0 Å². The van der Waals surface area contributed by atoms with Crippen molar-refractivity contribution >= 4 is 11.8 Å². The zero-order chi connectivity index (χ0) is 21.5. The van der Waals surface area contributed by atoms with Gasteiger partial charge in [-0.3, -0.25) is 9.59 Å². The van der Waals surface area contributed by atoms with Crippen LogP contribution in [0.1, 0.15) is 50.5 Å². The molecule has 3 heterocycles. The fourth-order valence-electron chi connectivity index (χ4n) is 5.25. The third-order valence-corrected chi connectivity index (χ3v) is 7.15. The lowest BCUT2D eigenvalue weighted by atomic mass is 9.78. The Morgan fingerprint density at radius 2 is 1.65 bits per heavy atom. The summed E-state index contributed by atoms with van der Waals surface area (Å²) in [4.78, 5) is 29.3. The first-order valence-corrected chi connectivity index (χ1v) is 11.9. The molecule has 3 aliphatic heterocycles. The molecule has 0 saturated carbocycles. The number of nitrogens with zero attached hydrogens (tertiary/aromatic N) is 2. The van der Waals surface area contributed by atoms with Crippen LogP contribution in [0.3, 0.4) is 0 Å². The van der Waals surface area contributed by atoms with Crippen LogP contribution in [0, 0.1) is 5.92 Å². The van der Waals surface area contributed by atoms with E-state index in [1.54, 1.807) is 0 Å². The van der Waals surface area contributed by atoms with Crippen LogP contribution in [-0.2, 0) is 25.5 Å². The van der Waals surface area contributed by atoms with E-state index >= 15 is 0 Å². The summed E-state index contributed by atoms with van der Waals surface area (Å²) in [6, 6.07) is 10.4. The molecule has 0 bridgehead atoms. The topological polar surface area (TPSA) is 59.1 Å². The van der Waals surface area contributed by atoms with E-state index in [-0.39, 0.29) is 17.4 Å². The SMILES string of the molecule is O=C(CCCc1ccccc1)N1CCC2(CC1)CC(CC(=O)N1CCOCC1)CCO2. The summed E-state index contributed by atoms with van der Waals surface area (Å²) >= 11 is 0. The van der Waals surface area contributed by atoms with Crippen LogP contribution >= 0.6 is 0 Å². The summed E-state index contributed by atoms with van der Waals surface area (Å²) in [5.41, 5.74) is 1.15. The predicted molar refractivity (Wildman–Crippen MR) is 119 cm³/mol. The summed E-state index contributed by atoms with van der Waals surface area (Å²) < 4.78 is 11.6. The molecule has 3 saturated heterocycles. The predicted octanol–water partition coefficient (Wildman–Crippen LogP) is 3.05. The molecule has 170 valence electrons. The summed E-state index contributed by atoms with van der Waals surface area (Å²) in [5.74, 6) is 0.911. The molecule has 1 atom stereocenters. The van der Waals surface area contributed by atoms with Crippen molar-refractivity contribution in [3.05, 3.63) is 35.9 Å². The second-order valence-electron chi connectivity index (χ2n) is 9.31. The van der Waals surface area contributed by atoms with Gasteiger partial charge in [-0.1, -0.05) is 30.3 Å². The van der Waals surface area contributed by atoms with Crippen LogP contribution in [-0.4, -0.2) is 73.2 Å². The molecule has 6 heteroatoms. The molecule has 1 aromatic carbocycles. The highest BCUT2D eigenvalue weighted by Gasteiger charge is 2.41. The second kappa shape index (κ2) is 10.6. The minimum absolute atomic E-state index is 0.144. The molecule has 1 unspecified atom stereocenters. The number of rotatable bonds is 6. The summed E-state index contributed by atoms with van der Waals surface area (Å²) in [5, 5.41) is 0. The highest BCUT2D eigenvalue weighted by molar-refractivity contribution is 5.77. The number of hydrogen-bond acceptors (Lipinski definition) is 4. The molecule has 1 spiro atoms. The van der Waals surface area contributed by atoms with E-state index in [2.05, 4.69) is 12.1 Å². The molecular formula is C25H36N2O4. The minimum Gasteiger partial charge on any atom is -0.378 e. The second-order valence-corrected chi connectivity index (χ2v) is 9.31. The zero-order valence-electron chi connectivity index (χ0n) is 18.6. The van der Waals surface area contributed by atoms with Gasteiger partial charge in [-0.25, -0.2) is 0 Å². The number of likely N-dealkylation sites (tertiary alicyclic amines) is 1. The van der Waals surface area contributed by atoms with Crippen LogP contribution in [0.15, 0.2) is 30.3 Å². The third kappa shape index (κ3) is 6.07. The van der Waals surface area contributed by atoms with Gasteiger partial charge in [0.2, 0.25) is 11.8 Å². The Hall–Kier alpha value is -1.92. The number of morpholine rings is 1. The van der Waals surface area contributed by atoms with E-state index in [4.69, 9.17) is 9.47 Å². The number of piperidine rings is 1. The molecule has 0 aromatic heterocycles. The number of hydrogen-bond donors (Lipinski definition) is 0. The van der Waals surface area contributed by atoms with Crippen molar-refractivity contribution in [3.63, 3.8) is 0 Å². The smallest absolute Gasteiger partial charge is 0.223 e. The number of amides is 2. The molecule has 0 radical (unpaired) electrons. The lowest BCUT2D eigenvalue weighted by molar-refractivity contribution is -0.150. The Morgan fingerprint density at radius 3 is 2.39 bits per heavy atom. The first kappa shape index (κ1) is 22.3.